The van der Waals surface area contributed by atoms with E-state index in [-0.39, 0.29) is 23.2 Å². The second-order valence-corrected chi connectivity index (χ2v) is 10.3. The minimum absolute atomic E-state index is 0.0264. The molecule has 4 heteroatoms. The molecule has 0 bridgehead atoms. The molecule has 0 heterocycles. The Morgan fingerprint density at radius 2 is 1.65 bits per heavy atom. The Kier molecular flexibility index (Phi) is 4.32. The van der Waals surface area contributed by atoms with Crippen LogP contribution in [0.5, 0.6) is 0 Å². The van der Waals surface area contributed by atoms with Gasteiger partial charge >= 0.3 is 6.18 Å². The molecule has 0 amide bonds. The molecule has 0 aromatic heterocycles. The summed E-state index contributed by atoms with van der Waals surface area (Å²) >= 11 is 0. The lowest BCUT2D eigenvalue weighted by molar-refractivity contribution is -0.256. The molecule has 1 unspecified atom stereocenters. The molecule has 26 heavy (non-hydrogen) atoms. The van der Waals surface area contributed by atoms with Crippen LogP contribution in [0, 0.1) is 46.3 Å². The van der Waals surface area contributed by atoms with E-state index < -0.39 is 17.5 Å². The standard InChI is InChI=1S/C22H33F3O/c1-13(26)16-9-10-17-15-8-7-14-5-4-6-19(22(23,24)25)21(14,3)18(15)11-12-20(16,17)2/h14-19H,4-12H2,1-3H3/t14-,15-,16+,17-,18-,19?,20+,21-/m0/s1. The summed E-state index contributed by atoms with van der Waals surface area (Å²) in [6, 6.07) is 0. The summed E-state index contributed by atoms with van der Waals surface area (Å²) in [5, 5.41) is 0. The molecule has 0 aromatic carbocycles. The number of fused-ring (bicyclic) bond motifs is 5. The summed E-state index contributed by atoms with van der Waals surface area (Å²) < 4.78 is 41.9. The van der Waals surface area contributed by atoms with Crippen LogP contribution in [0.1, 0.15) is 78.6 Å². The number of alkyl halides is 3. The molecule has 0 spiro atoms. The number of ketones is 1. The summed E-state index contributed by atoms with van der Waals surface area (Å²) in [7, 11) is 0. The van der Waals surface area contributed by atoms with E-state index in [2.05, 4.69) is 6.92 Å². The summed E-state index contributed by atoms with van der Waals surface area (Å²) in [4.78, 5) is 12.2. The summed E-state index contributed by atoms with van der Waals surface area (Å²) in [6.45, 7) is 5.97. The maximum absolute atomic E-state index is 14.0. The van der Waals surface area contributed by atoms with E-state index >= 15 is 0 Å². The van der Waals surface area contributed by atoms with Gasteiger partial charge < -0.3 is 0 Å². The normalized spacial score (nSPS) is 51.3. The molecule has 0 aromatic rings. The van der Waals surface area contributed by atoms with Crippen molar-refractivity contribution in [1.29, 1.82) is 0 Å². The number of hydrogen-bond acceptors (Lipinski definition) is 1. The summed E-state index contributed by atoms with van der Waals surface area (Å²) in [5.41, 5.74) is -0.562. The molecule has 1 nitrogen and oxygen atoms in total. The van der Waals surface area contributed by atoms with Crippen molar-refractivity contribution < 1.29 is 18.0 Å². The molecule has 4 rings (SSSR count). The third kappa shape index (κ3) is 2.45. The van der Waals surface area contributed by atoms with E-state index in [1.165, 1.54) is 0 Å². The lowest BCUT2D eigenvalue weighted by atomic mass is 9.42. The van der Waals surface area contributed by atoms with Crippen LogP contribution in [0.4, 0.5) is 13.2 Å². The fourth-order valence-corrected chi connectivity index (χ4v) is 8.53. The van der Waals surface area contributed by atoms with Gasteiger partial charge in [0.05, 0.1) is 5.92 Å². The van der Waals surface area contributed by atoms with Crippen LogP contribution < -0.4 is 0 Å². The fourth-order valence-electron chi connectivity index (χ4n) is 8.53. The Morgan fingerprint density at radius 3 is 2.31 bits per heavy atom. The van der Waals surface area contributed by atoms with Gasteiger partial charge in [0.2, 0.25) is 0 Å². The molecule has 4 saturated carbocycles. The van der Waals surface area contributed by atoms with Crippen LogP contribution in [-0.2, 0) is 4.79 Å². The van der Waals surface area contributed by atoms with Crippen LogP contribution in [0.3, 0.4) is 0 Å². The van der Waals surface area contributed by atoms with Gasteiger partial charge in [-0.2, -0.15) is 13.2 Å². The molecular formula is C22H33F3O. The Labute approximate surface area is 155 Å². The first-order chi connectivity index (χ1) is 12.1. The predicted octanol–water partition coefficient (Wildman–Crippen LogP) is 6.41. The van der Waals surface area contributed by atoms with Crippen molar-refractivity contribution in [2.24, 2.45) is 46.3 Å². The molecule has 0 saturated heterocycles. The van der Waals surface area contributed by atoms with Crippen LogP contribution >= 0.6 is 0 Å². The zero-order valence-corrected chi connectivity index (χ0v) is 16.4. The predicted molar refractivity (Wildman–Crippen MR) is 95.4 cm³/mol. The van der Waals surface area contributed by atoms with Gasteiger partial charge in [-0.05, 0) is 92.8 Å². The van der Waals surface area contributed by atoms with Crippen molar-refractivity contribution >= 4 is 5.78 Å². The molecular weight excluding hydrogens is 337 g/mol. The van der Waals surface area contributed by atoms with Gasteiger partial charge in [0, 0.05) is 5.92 Å². The first-order valence-electron chi connectivity index (χ1n) is 10.7. The number of Topliss-reactive ketones (excluding diaryl/α,β-unsaturated/α-hetero) is 1. The van der Waals surface area contributed by atoms with Gasteiger partial charge in [0.25, 0.3) is 0 Å². The van der Waals surface area contributed by atoms with Crippen LogP contribution in [0.25, 0.3) is 0 Å². The monoisotopic (exact) mass is 370 g/mol. The van der Waals surface area contributed by atoms with E-state index in [9.17, 15) is 18.0 Å². The van der Waals surface area contributed by atoms with Crippen LogP contribution in [-0.4, -0.2) is 12.0 Å². The molecule has 0 N–H and O–H groups in total. The van der Waals surface area contributed by atoms with Crippen molar-refractivity contribution in [2.75, 3.05) is 0 Å². The highest BCUT2D eigenvalue weighted by Gasteiger charge is 2.65. The molecule has 4 aliphatic rings. The van der Waals surface area contributed by atoms with Crippen molar-refractivity contribution in [2.45, 2.75) is 84.7 Å². The van der Waals surface area contributed by atoms with E-state index in [0.29, 0.717) is 24.0 Å². The SMILES string of the molecule is CC(=O)[C@H]1CC[C@H]2[C@@H]3CC[C@@H]4CCCC(C(F)(F)F)[C@]4(C)[C@H]3CC[C@]12C. The molecule has 4 aliphatic carbocycles. The van der Waals surface area contributed by atoms with Crippen molar-refractivity contribution in [3.8, 4) is 0 Å². The van der Waals surface area contributed by atoms with E-state index in [4.69, 9.17) is 0 Å². The molecule has 4 fully saturated rings. The highest BCUT2D eigenvalue weighted by molar-refractivity contribution is 5.79. The minimum Gasteiger partial charge on any atom is -0.300 e. The average molecular weight is 370 g/mol. The topological polar surface area (TPSA) is 17.1 Å². The molecule has 0 aliphatic heterocycles. The van der Waals surface area contributed by atoms with E-state index in [1.807, 2.05) is 6.92 Å². The molecule has 8 atom stereocenters. The van der Waals surface area contributed by atoms with Crippen LogP contribution in [0.15, 0.2) is 0 Å². The fraction of sp³-hybridized carbons (Fsp3) is 0.955. The van der Waals surface area contributed by atoms with Gasteiger partial charge in [-0.3, -0.25) is 4.79 Å². The second kappa shape index (κ2) is 5.98. The zero-order chi connectivity index (χ0) is 18.9. The Hall–Kier alpha value is -0.540. The smallest absolute Gasteiger partial charge is 0.300 e. The Morgan fingerprint density at radius 1 is 0.923 bits per heavy atom. The van der Waals surface area contributed by atoms with Gasteiger partial charge in [-0.1, -0.05) is 20.3 Å². The average Bonchev–Trinajstić information content (AvgIpc) is 2.90. The Balaban J connectivity index is 1.69. The molecule has 148 valence electrons. The summed E-state index contributed by atoms with van der Waals surface area (Å²) in [5.74, 6) is 0.556. The lowest BCUT2D eigenvalue weighted by Gasteiger charge is -2.62. The maximum Gasteiger partial charge on any atom is 0.392 e. The summed E-state index contributed by atoms with van der Waals surface area (Å²) in [6.07, 6.45) is 3.81. The third-order valence-electron chi connectivity index (χ3n) is 9.65. The lowest BCUT2D eigenvalue weighted by Crippen LogP contribution is -2.58. The van der Waals surface area contributed by atoms with E-state index in [1.54, 1.807) is 6.92 Å². The number of hydrogen-bond donors (Lipinski definition) is 0. The Bertz CT molecular complexity index is 584. The van der Waals surface area contributed by atoms with Crippen molar-refractivity contribution in [1.82, 2.24) is 0 Å². The third-order valence-corrected chi connectivity index (χ3v) is 9.65. The number of halogens is 3. The highest BCUT2D eigenvalue weighted by Crippen LogP contribution is 2.69. The second-order valence-electron chi connectivity index (χ2n) is 10.3. The molecule has 0 radical (unpaired) electrons. The largest absolute Gasteiger partial charge is 0.392 e. The van der Waals surface area contributed by atoms with E-state index in [0.717, 1.165) is 51.4 Å². The van der Waals surface area contributed by atoms with Gasteiger partial charge in [0.15, 0.2) is 0 Å². The van der Waals surface area contributed by atoms with Crippen molar-refractivity contribution in [3.63, 3.8) is 0 Å². The highest BCUT2D eigenvalue weighted by atomic mass is 19.4. The van der Waals surface area contributed by atoms with Crippen LogP contribution in [0.2, 0.25) is 0 Å². The van der Waals surface area contributed by atoms with Gasteiger partial charge in [-0.25, -0.2) is 0 Å². The number of rotatable bonds is 1. The first kappa shape index (κ1) is 18.8. The van der Waals surface area contributed by atoms with Gasteiger partial charge in [0.1, 0.15) is 5.78 Å². The minimum atomic E-state index is -4.08. The maximum atomic E-state index is 14.0. The zero-order valence-electron chi connectivity index (χ0n) is 16.4. The first-order valence-corrected chi connectivity index (χ1v) is 10.7. The van der Waals surface area contributed by atoms with Crippen molar-refractivity contribution in [3.05, 3.63) is 0 Å². The van der Waals surface area contributed by atoms with Gasteiger partial charge in [-0.15, -0.1) is 0 Å². The quantitative estimate of drug-likeness (QED) is 0.521. The number of carbonyl (C=O) groups excluding carboxylic acids is 1. The number of carbonyl (C=O) groups is 1.